The van der Waals surface area contributed by atoms with Gasteiger partial charge in [0, 0.05) is 12.1 Å². The molecule has 6 nitrogen and oxygen atoms in total. The number of nitrogens with zero attached hydrogens (tertiary/aromatic N) is 2. The third-order valence-corrected chi connectivity index (χ3v) is 2.75. The van der Waals surface area contributed by atoms with E-state index in [0.717, 1.165) is 18.2 Å². The molecule has 7 heteroatoms. The molecule has 1 N–H and O–H groups in total. The molecular weight excluding hydrogens is 253 g/mol. The van der Waals surface area contributed by atoms with Crippen LogP contribution in [0.4, 0.5) is 10.1 Å². The minimum absolute atomic E-state index is 0.325. The molecule has 0 saturated heterocycles. The molecule has 1 rings (SSSR count). The molecule has 1 unspecified atom stereocenters. The van der Waals surface area contributed by atoms with Gasteiger partial charge in [-0.25, -0.2) is 4.39 Å². The van der Waals surface area contributed by atoms with Gasteiger partial charge < -0.3 is 5.32 Å². The van der Waals surface area contributed by atoms with Crippen LogP contribution in [0.5, 0.6) is 0 Å². The maximum Gasteiger partial charge on any atom is 0.270 e. The van der Waals surface area contributed by atoms with Crippen LogP contribution < -0.4 is 5.32 Å². The predicted molar refractivity (Wildman–Crippen MR) is 64.8 cm³/mol. The SMILES string of the molecule is CCC(C)(C#N)NC(=O)c1cc([N+](=O)[O-])ccc1F. The summed E-state index contributed by atoms with van der Waals surface area (Å²) in [5, 5.41) is 21.9. The zero-order valence-corrected chi connectivity index (χ0v) is 10.4. The van der Waals surface area contributed by atoms with Gasteiger partial charge in [0.2, 0.25) is 0 Å². The monoisotopic (exact) mass is 265 g/mol. The summed E-state index contributed by atoms with van der Waals surface area (Å²) in [6.07, 6.45) is 0.325. The molecule has 0 radical (unpaired) electrons. The van der Waals surface area contributed by atoms with Crippen molar-refractivity contribution in [2.45, 2.75) is 25.8 Å². The zero-order chi connectivity index (χ0) is 14.6. The Labute approximate surface area is 109 Å². The average molecular weight is 265 g/mol. The van der Waals surface area contributed by atoms with E-state index in [9.17, 15) is 19.3 Å². The lowest BCUT2D eigenvalue weighted by Gasteiger charge is -2.21. The van der Waals surface area contributed by atoms with Gasteiger partial charge in [0.25, 0.3) is 11.6 Å². The van der Waals surface area contributed by atoms with Gasteiger partial charge in [-0.2, -0.15) is 5.26 Å². The number of benzene rings is 1. The first-order valence-electron chi connectivity index (χ1n) is 5.50. The highest BCUT2D eigenvalue weighted by Crippen LogP contribution is 2.18. The maximum absolute atomic E-state index is 13.5. The van der Waals surface area contributed by atoms with Gasteiger partial charge in [0.15, 0.2) is 0 Å². The van der Waals surface area contributed by atoms with E-state index in [1.54, 1.807) is 6.92 Å². The zero-order valence-electron chi connectivity index (χ0n) is 10.4. The van der Waals surface area contributed by atoms with Crippen molar-refractivity contribution in [3.05, 3.63) is 39.7 Å². The molecule has 0 spiro atoms. The van der Waals surface area contributed by atoms with Gasteiger partial charge in [-0.15, -0.1) is 0 Å². The Morgan fingerprint density at radius 3 is 2.74 bits per heavy atom. The van der Waals surface area contributed by atoms with Crippen molar-refractivity contribution >= 4 is 11.6 Å². The van der Waals surface area contributed by atoms with Gasteiger partial charge in [-0.1, -0.05) is 6.92 Å². The highest BCUT2D eigenvalue weighted by atomic mass is 19.1. The van der Waals surface area contributed by atoms with E-state index < -0.39 is 27.8 Å². The quantitative estimate of drug-likeness (QED) is 0.666. The molecule has 1 aromatic rings. The molecule has 1 atom stereocenters. The van der Waals surface area contributed by atoms with Crippen molar-refractivity contribution in [1.82, 2.24) is 5.32 Å². The molecule has 0 aliphatic rings. The first-order chi connectivity index (χ1) is 8.83. The number of rotatable bonds is 4. The van der Waals surface area contributed by atoms with Crippen molar-refractivity contribution in [2.24, 2.45) is 0 Å². The molecule has 0 aliphatic heterocycles. The lowest BCUT2D eigenvalue weighted by atomic mass is 10.0. The number of hydrogen-bond acceptors (Lipinski definition) is 4. The summed E-state index contributed by atoms with van der Waals surface area (Å²) in [6, 6.07) is 4.56. The first-order valence-corrected chi connectivity index (χ1v) is 5.50. The Hall–Kier alpha value is -2.49. The third-order valence-electron chi connectivity index (χ3n) is 2.75. The standard InChI is InChI=1S/C12H12FN3O3/c1-3-12(2,7-14)15-11(17)9-6-8(16(18)19)4-5-10(9)13/h4-6H,3H2,1-2H3,(H,15,17). The van der Waals surface area contributed by atoms with Crippen molar-refractivity contribution in [3.63, 3.8) is 0 Å². The number of nitro groups is 1. The van der Waals surface area contributed by atoms with Crippen molar-refractivity contribution in [3.8, 4) is 6.07 Å². The number of non-ortho nitro benzene ring substituents is 1. The molecule has 0 heterocycles. The molecule has 1 amide bonds. The number of nitro benzene ring substituents is 1. The molecule has 0 saturated carbocycles. The number of nitriles is 1. The van der Waals surface area contributed by atoms with Crippen LogP contribution >= 0.6 is 0 Å². The Morgan fingerprint density at radius 2 is 2.26 bits per heavy atom. The van der Waals surface area contributed by atoms with E-state index in [4.69, 9.17) is 5.26 Å². The molecule has 0 fully saturated rings. The van der Waals surface area contributed by atoms with E-state index in [-0.39, 0.29) is 5.69 Å². The summed E-state index contributed by atoms with van der Waals surface area (Å²) < 4.78 is 13.5. The number of halogens is 1. The van der Waals surface area contributed by atoms with Crippen LogP contribution in [0.2, 0.25) is 0 Å². The maximum atomic E-state index is 13.5. The summed E-state index contributed by atoms with van der Waals surface area (Å²) >= 11 is 0. The van der Waals surface area contributed by atoms with Crippen LogP contribution in [-0.2, 0) is 0 Å². The lowest BCUT2D eigenvalue weighted by Crippen LogP contribution is -2.44. The molecule has 0 bridgehead atoms. The average Bonchev–Trinajstić information content (AvgIpc) is 2.38. The summed E-state index contributed by atoms with van der Waals surface area (Å²) in [5.41, 5.74) is -1.99. The summed E-state index contributed by atoms with van der Waals surface area (Å²) in [4.78, 5) is 21.7. The Morgan fingerprint density at radius 1 is 1.63 bits per heavy atom. The summed E-state index contributed by atoms with van der Waals surface area (Å²) in [5.74, 6) is -1.73. The molecular formula is C12H12FN3O3. The van der Waals surface area contributed by atoms with E-state index in [2.05, 4.69) is 5.32 Å². The van der Waals surface area contributed by atoms with Crippen LogP contribution in [0.3, 0.4) is 0 Å². The minimum atomic E-state index is -1.14. The number of nitrogens with one attached hydrogen (secondary N) is 1. The van der Waals surface area contributed by atoms with Gasteiger partial charge in [-0.05, 0) is 19.4 Å². The van der Waals surface area contributed by atoms with Crippen molar-refractivity contribution < 1.29 is 14.1 Å². The van der Waals surface area contributed by atoms with Crippen LogP contribution in [-0.4, -0.2) is 16.4 Å². The fourth-order valence-corrected chi connectivity index (χ4v) is 1.31. The molecule has 100 valence electrons. The normalized spacial score (nSPS) is 13.2. The second kappa shape index (κ2) is 5.44. The number of amides is 1. The fraction of sp³-hybridized carbons (Fsp3) is 0.333. The van der Waals surface area contributed by atoms with Crippen LogP contribution in [0.15, 0.2) is 18.2 Å². The van der Waals surface area contributed by atoms with Crippen molar-refractivity contribution in [1.29, 1.82) is 5.26 Å². The van der Waals surface area contributed by atoms with Crippen molar-refractivity contribution in [2.75, 3.05) is 0 Å². The summed E-state index contributed by atoms with van der Waals surface area (Å²) in [6.45, 7) is 3.17. The van der Waals surface area contributed by atoms with Gasteiger partial charge in [0.1, 0.15) is 11.4 Å². The van der Waals surface area contributed by atoms with E-state index in [1.165, 1.54) is 6.92 Å². The smallest absolute Gasteiger partial charge is 0.270 e. The predicted octanol–water partition coefficient (Wildman–Crippen LogP) is 2.16. The largest absolute Gasteiger partial charge is 0.334 e. The topological polar surface area (TPSA) is 96.0 Å². The Bertz CT molecular complexity index is 568. The van der Waals surface area contributed by atoms with E-state index >= 15 is 0 Å². The highest BCUT2D eigenvalue weighted by Gasteiger charge is 2.26. The molecule has 1 aromatic carbocycles. The van der Waals surface area contributed by atoms with Gasteiger partial charge in [0.05, 0.1) is 16.6 Å². The van der Waals surface area contributed by atoms with Crippen LogP contribution in [0.25, 0.3) is 0 Å². The highest BCUT2D eigenvalue weighted by molar-refractivity contribution is 5.95. The lowest BCUT2D eigenvalue weighted by molar-refractivity contribution is -0.384. The van der Waals surface area contributed by atoms with E-state index in [0.29, 0.717) is 6.42 Å². The second-order valence-electron chi connectivity index (χ2n) is 4.17. The molecule has 0 aliphatic carbocycles. The number of carbonyl (C=O) groups is 1. The number of hydrogen-bond donors (Lipinski definition) is 1. The van der Waals surface area contributed by atoms with Gasteiger partial charge >= 0.3 is 0 Å². The Kier molecular flexibility index (Phi) is 4.17. The van der Waals surface area contributed by atoms with Crippen LogP contribution in [0, 0.1) is 27.3 Å². The first kappa shape index (κ1) is 14.6. The Balaban J connectivity index is 3.10. The molecule has 19 heavy (non-hydrogen) atoms. The number of carbonyl (C=O) groups excluding carboxylic acids is 1. The minimum Gasteiger partial charge on any atom is -0.334 e. The second-order valence-corrected chi connectivity index (χ2v) is 4.17. The van der Waals surface area contributed by atoms with Gasteiger partial charge in [-0.3, -0.25) is 14.9 Å². The van der Waals surface area contributed by atoms with Crippen LogP contribution in [0.1, 0.15) is 30.6 Å². The third kappa shape index (κ3) is 3.25. The fourth-order valence-electron chi connectivity index (χ4n) is 1.31. The summed E-state index contributed by atoms with van der Waals surface area (Å²) in [7, 11) is 0. The van der Waals surface area contributed by atoms with E-state index in [1.807, 2.05) is 6.07 Å². The molecule has 0 aromatic heterocycles.